The molecule has 0 aliphatic rings. The molecule has 0 spiro atoms. The number of hydrogen-bond acceptors (Lipinski definition) is 6. The zero-order valence-electron chi connectivity index (χ0n) is 10.6. The molecule has 0 atom stereocenters. The van der Waals surface area contributed by atoms with Crippen LogP contribution >= 0.6 is 0 Å². The molecule has 96 valence electrons. The fraction of sp³-hybridized carbons (Fsp3) is 0.455. The number of benzene rings is 1. The van der Waals surface area contributed by atoms with Crippen LogP contribution in [0.1, 0.15) is 0 Å². The number of methoxy groups -OCH3 is 5. The van der Waals surface area contributed by atoms with Crippen molar-refractivity contribution in [3.8, 4) is 28.7 Å². The lowest BCUT2D eigenvalue weighted by molar-refractivity contribution is 0.292. The van der Waals surface area contributed by atoms with E-state index in [2.05, 4.69) is 0 Å². The standard InChI is InChI=1S/C11H17NO5/c1-13-7-6(12)8(14-2)10(16-4)11(17-5)9(7)15-3/h12H2,1-5H3. The summed E-state index contributed by atoms with van der Waals surface area (Å²) in [4.78, 5) is 0. The quantitative estimate of drug-likeness (QED) is 0.786. The number of rotatable bonds is 5. The Morgan fingerprint density at radius 2 is 0.765 bits per heavy atom. The Morgan fingerprint density at radius 3 is 1.00 bits per heavy atom. The van der Waals surface area contributed by atoms with Crippen molar-refractivity contribution < 1.29 is 23.7 Å². The van der Waals surface area contributed by atoms with Crippen molar-refractivity contribution in [2.45, 2.75) is 0 Å². The van der Waals surface area contributed by atoms with Crippen LogP contribution in [0.4, 0.5) is 5.69 Å². The summed E-state index contributed by atoms with van der Waals surface area (Å²) in [6, 6.07) is 0. The Hall–Kier alpha value is -1.98. The van der Waals surface area contributed by atoms with Crippen molar-refractivity contribution in [3.05, 3.63) is 0 Å². The fourth-order valence-electron chi connectivity index (χ4n) is 1.62. The van der Waals surface area contributed by atoms with Crippen molar-refractivity contribution in [2.24, 2.45) is 0 Å². The second-order valence-electron chi connectivity index (χ2n) is 3.08. The Balaban J connectivity index is 3.66. The maximum atomic E-state index is 5.92. The van der Waals surface area contributed by atoms with E-state index in [0.29, 0.717) is 34.4 Å². The van der Waals surface area contributed by atoms with Crippen LogP contribution < -0.4 is 29.4 Å². The molecule has 0 saturated heterocycles. The summed E-state index contributed by atoms with van der Waals surface area (Å²) in [5.74, 6) is 1.80. The van der Waals surface area contributed by atoms with Gasteiger partial charge in [0, 0.05) is 0 Å². The average molecular weight is 243 g/mol. The van der Waals surface area contributed by atoms with Gasteiger partial charge < -0.3 is 29.4 Å². The van der Waals surface area contributed by atoms with Gasteiger partial charge in [0.1, 0.15) is 5.69 Å². The minimum atomic E-state index is 0.296. The third-order valence-electron chi connectivity index (χ3n) is 2.33. The van der Waals surface area contributed by atoms with Crippen molar-refractivity contribution in [2.75, 3.05) is 41.3 Å². The van der Waals surface area contributed by atoms with Gasteiger partial charge in [-0.3, -0.25) is 0 Å². The minimum absolute atomic E-state index is 0.296. The van der Waals surface area contributed by atoms with Crippen molar-refractivity contribution >= 4 is 5.69 Å². The molecule has 0 saturated carbocycles. The van der Waals surface area contributed by atoms with Crippen LogP contribution in [0.25, 0.3) is 0 Å². The monoisotopic (exact) mass is 243 g/mol. The van der Waals surface area contributed by atoms with Gasteiger partial charge in [-0.05, 0) is 0 Å². The van der Waals surface area contributed by atoms with Crippen molar-refractivity contribution in [1.29, 1.82) is 0 Å². The summed E-state index contributed by atoms with van der Waals surface area (Å²) >= 11 is 0. The molecule has 2 N–H and O–H groups in total. The molecule has 0 fully saturated rings. The predicted octanol–water partition coefficient (Wildman–Crippen LogP) is 1.31. The number of ether oxygens (including phenoxy) is 5. The fourth-order valence-corrected chi connectivity index (χ4v) is 1.62. The van der Waals surface area contributed by atoms with Gasteiger partial charge in [0.05, 0.1) is 35.5 Å². The summed E-state index contributed by atoms with van der Waals surface area (Å²) in [6.07, 6.45) is 0. The third-order valence-corrected chi connectivity index (χ3v) is 2.33. The molecular weight excluding hydrogens is 226 g/mol. The van der Waals surface area contributed by atoms with E-state index in [1.54, 1.807) is 0 Å². The summed E-state index contributed by atoms with van der Waals surface area (Å²) in [6.45, 7) is 0. The van der Waals surface area contributed by atoms with E-state index in [4.69, 9.17) is 29.4 Å². The van der Waals surface area contributed by atoms with E-state index in [9.17, 15) is 0 Å². The lowest BCUT2D eigenvalue weighted by Crippen LogP contribution is -2.04. The molecule has 0 radical (unpaired) electrons. The molecule has 0 aromatic heterocycles. The lowest BCUT2D eigenvalue weighted by atomic mass is 10.2. The Morgan fingerprint density at radius 1 is 0.529 bits per heavy atom. The number of nitrogen functional groups attached to an aromatic ring is 1. The first kappa shape index (κ1) is 13.1. The largest absolute Gasteiger partial charge is 0.491 e. The number of anilines is 1. The Bertz CT molecular complexity index is 372. The van der Waals surface area contributed by atoms with Gasteiger partial charge >= 0.3 is 0 Å². The number of hydrogen-bond donors (Lipinski definition) is 1. The van der Waals surface area contributed by atoms with Crippen LogP contribution in [0.15, 0.2) is 0 Å². The van der Waals surface area contributed by atoms with E-state index < -0.39 is 0 Å². The molecule has 1 aromatic carbocycles. The first-order valence-corrected chi connectivity index (χ1v) is 4.85. The first-order chi connectivity index (χ1) is 8.15. The zero-order valence-corrected chi connectivity index (χ0v) is 10.6. The minimum Gasteiger partial charge on any atom is -0.491 e. The highest BCUT2D eigenvalue weighted by atomic mass is 16.6. The van der Waals surface area contributed by atoms with Crippen LogP contribution in [-0.2, 0) is 0 Å². The van der Waals surface area contributed by atoms with Crippen LogP contribution in [0.2, 0.25) is 0 Å². The zero-order chi connectivity index (χ0) is 13.0. The van der Waals surface area contributed by atoms with Gasteiger partial charge in [0.2, 0.25) is 17.2 Å². The molecule has 0 heterocycles. The highest BCUT2D eigenvalue weighted by Crippen LogP contribution is 2.54. The number of nitrogens with two attached hydrogens (primary N) is 1. The predicted molar refractivity (Wildman–Crippen MR) is 63.6 cm³/mol. The molecule has 0 aliphatic heterocycles. The summed E-state index contributed by atoms with van der Waals surface area (Å²) in [7, 11) is 7.45. The van der Waals surface area contributed by atoms with Crippen molar-refractivity contribution in [1.82, 2.24) is 0 Å². The lowest BCUT2D eigenvalue weighted by Gasteiger charge is -2.19. The second kappa shape index (κ2) is 5.38. The molecular formula is C11H17NO5. The molecule has 1 rings (SSSR count). The topological polar surface area (TPSA) is 72.2 Å². The van der Waals surface area contributed by atoms with Crippen LogP contribution in [0.5, 0.6) is 28.7 Å². The normalized spacial score (nSPS) is 9.71. The molecule has 1 aromatic rings. The van der Waals surface area contributed by atoms with E-state index >= 15 is 0 Å². The van der Waals surface area contributed by atoms with Crippen LogP contribution in [0, 0.1) is 0 Å². The second-order valence-corrected chi connectivity index (χ2v) is 3.08. The summed E-state index contributed by atoms with van der Waals surface area (Å²) < 4.78 is 26.0. The van der Waals surface area contributed by atoms with Gasteiger partial charge in [-0.2, -0.15) is 0 Å². The smallest absolute Gasteiger partial charge is 0.211 e. The average Bonchev–Trinajstić information content (AvgIpc) is 2.36. The third kappa shape index (κ3) is 1.98. The molecule has 0 amide bonds. The SMILES string of the molecule is COc1c(N)c(OC)c(OC)c(OC)c1OC. The van der Waals surface area contributed by atoms with E-state index in [1.807, 2.05) is 0 Å². The maximum absolute atomic E-state index is 5.92. The van der Waals surface area contributed by atoms with Gasteiger partial charge in [-0.1, -0.05) is 0 Å². The summed E-state index contributed by atoms with van der Waals surface area (Å²) in [5.41, 5.74) is 6.21. The highest BCUT2D eigenvalue weighted by molar-refractivity contribution is 5.79. The van der Waals surface area contributed by atoms with Gasteiger partial charge in [-0.15, -0.1) is 0 Å². The van der Waals surface area contributed by atoms with Gasteiger partial charge in [0.25, 0.3) is 0 Å². The van der Waals surface area contributed by atoms with Gasteiger partial charge in [0.15, 0.2) is 11.5 Å². The van der Waals surface area contributed by atoms with E-state index in [0.717, 1.165) is 0 Å². The molecule has 0 unspecified atom stereocenters. The van der Waals surface area contributed by atoms with E-state index in [1.165, 1.54) is 35.5 Å². The molecule has 0 bridgehead atoms. The van der Waals surface area contributed by atoms with Gasteiger partial charge in [-0.25, -0.2) is 0 Å². The Labute approximate surface area is 100 Å². The Kier molecular flexibility index (Phi) is 4.14. The molecule has 6 heteroatoms. The highest BCUT2D eigenvalue weighted by Gasteiger charge is 2.26. The van der Waals surface area contributed by atoms with Crippen molar-refractivity contribution in [3.63, 3.8) is 0 Å². The van der Waals surface area contributed by atoms with Crippen LogP contribution in [-0.4, -0.2) is 35.5 Å². The summed E-state index contributed by atoms with van der Waals surface area (Å²) in [5, 5.41) is 0. The molecule has 6 nitrogen and oxygen atoms in total. The first-order valence-electron chi connectivity index (χ1n) is 4.85. The van der Waals surface area contributed by atoms with E-state index in [-0.39, 0.29) is 0 Å². The molecule has 0 aliphatic carbocycles. The molecule has 17 heavy (non-hydrogen) atoms. The van der Waals surface area contributed by atoms with Crippen LogP contribution in [0.3, 0.4) is 0 Å². The maximum Gasteiger partial charge on any atom is 0.211 e.